The lowest BCUT2D eigenvalue weighted by atomic mass is 9.80. The Bertz CT molecular complexity index is 1180. The molecule has 0 aliphatic rings. The van der Waals surface area contributed by atoms with Gasteiger partial charge in [0.2, 0.25) is 6.29 Å². The van der Waals surface area contributed by atoms with Crippen molar-refractivity contribution in [2.75, 3.05) is 19.8 Å². The van der Waals surface area contributed by atoms with Gasteiger partial charge in [0.25, 0.3) is 0 Å². The summed E-state index contributed by atoms with van der Waals surface area (Å²) in [5, 5.41) is 2.88. The molecule has 1 amide bonds. The Morgan fingerprint density at radius 3 is 1.44 bits per heavy atom. The monoisotopic (exact) mass is 683 g/mol. The molecule has 274 valence electrons. The molecule has 5 nitrogen and oxygen atoms in total. The average molecular weight is 684 g/mol. The lowest BCUT2D eigenvalue weighted by molar-refractivity contribution is -0.0798. The third kappa shape index (κ3) is 15.2. The maximum Gasteiger partial charge on any atom is 0.409 e. The Hall–Kier alpha value is -3.41. The number of benzene rings is 3. The maximum absolute atomic E-state index is 12.4. The van der Waals surface area contributed by atoms with Crippen molar-refractivity contribution in [2.24, 2.45) is 0 Å². The Morgan fingerprint density at radius 2 is 1.00 bits per heavy atom. The summed E-state index contributed by atoms with van der Waals surface area (Å²) in [6.45, 7) is 9.83. The maximum atomic E-state index is 12.4. The number of amides is 1. The molecule has 50 heavy (non-hydrogen) atoms. The molecule has 0 bridgehead atoms. The molecule has 3 aromatic rings. The van der Waals surface area contributed by atoms with Gasteiger partial charge in [0.1, 0.15) is 5.60 Å². The number of rotatable bonds is 28. The normalized spacial score (nSPS) is 12.0. The van der Waals surface area contributed by atoms with Crippen LogP contribution in [0.25, 0.3) is 0 Å². The average Bonchev–Trinajstić information content (AvgIpc) is 3.15. The molecule has 5 heteroatoms. The minimum absolute atomic E-state index is 0.437. The highest BCUT2D eigenvalue weighted by atomic mass is 16.7. The van der Waals surface area contributed by atoms with E-state index in [1.54, 1.807) is 0 Å². The third-order valence-corrected chi connectivity index (χ3v) is 9.33. The van der Waals surface area contributed by atoms with E-state index in [-0.39, 0.29) is 0 Å². The zero-order valence-electron chi connectivity index (χ0n) is 31.2. The van der Waals surface area contributed by atoms with Gasteiger partial charge in [0.15, 0.2) is 0 Å². The second-order valence-electron chi connectivity index (χ2n) is 13.7. The van der Waals surface area contributed by atoms with Gasteiger partial charge in [-0.25, -0.2) is 4.79 Å². The number of hydrogen-bond donors (Lipinski definition) is 1. The molecule has 3 aromatic carbocycles. The van der Waals surface area contributed by atoms with E-state index in [2.05, 4.69) is 91.6 Å². The van der Waals surface area contributed by atoms with Crippen LogP contribution in [0.2, 0.25) is 0 Å². The Morgan fingerprint density at radius 1 is 0.600 bits per heavy atom. The van der Waals surface area contributed by atoms with Crippen molar-refractivity contribution in [1.82, 2.24) is 5.32 Å². The van der Waals surface area contributed by atoms with Crippen molar-refractivity contribution in [3.63, 3.8) is 0 Å². The van der Waals surface area contributed by atoms with Gasteiger partial charge in [0.05, 0.1) is 6.61 Å². The quantitative estimate of drug-likeness (QED) is 0.0358. The highest BCUT2D eigenvalue weighted by molar-refractivity contribution is 5.67. The van der Waals surface area contributed by atoms with Gasteiger partial charge in [-0.2, -0.15) is 0 Å². The van der Waals surface area contributed by atoms with Crippen molar-refractivity contribution >= 4 is 6.09 Å². The summed E-state index contributed by atoms with van der Waals surface area (Å²) in [5.74, 6) is 0. The Balaban J connectivity index is 1.29. The first kappa shape index (κ1) is 41.0. The highest BCUT2D eigenvalue weighted by Gasteiger charge is 2.37. The van der Waals surface area contributed by atoms with Gasteiger partial charge in [0, 0.05) is 13.2 Å². The summed E-state index contributed by atoms with van der Waals surface area (Å²) >= 11 is 0. The number of carbonyl (C=O) groups excluding carboxylic acids is 1. The summed E-state index contributed by atoms with van der Waals surface area (Å²) in [4.78, 5) is 12.4. The molecule has 0 saturated heterocycles. The van der Waals surface area contributed by atoms with Crippen LogP contribution in [0.15, 0.2) is 103 Å². The van der Waals surface area contributed by atoms with E-state index in [0.29, 0.717) is 25.3 Å². The SMILES string of the molecule is C=C(C)C(OCCCCCCOC(c1ccccc1)(c1ccccc1)c1ccccc1)OC(=O)NCCCCCCCCCCCCCCC. The number of alkyl carbamates (subject to hydrolysis) is 1. The van der Waals surface area contributed by atoms with Crippen LogP contribution in [0.4, 0.5) is 4.79 Å². The van der Waals surface area contributed by atoms with Crippen LogP contribution in [0, 0.1) is 0 Å². The summed E-state index contributed by atoms with van der Waals surface area (Å²) in [6, 6.07) is 31.5. The van der Waals surface area contributed by atoms with Gasteiger partial charge in [-0.15, -0.1) is 0 Å². The molecule has 1 N–H and O–H groups in total. The van der Waals surface area contributed by atoms with E-state index in [1.165, 1.54) is 70.6 Å². The van der Waals surface area contributed by atoms with Crippen LogP contribution in [-0.4, -0.2) is 32.1 Å². The summed E-state index contributed by atoms with van der Waals surface area (Å²) in [6.07, 6.45) is 19.6. The van der Waals surface area contributed by atoms with E-state index < -0.39 is 18.0 Å². The Kier molecular flexibility index (Phi) is 20.9. The molecule has 0 spiro atoms. The number of unbranched alkanes of at least 4 members (excludes halogenated alkanes) is 15. The molecule has 0 heterocycles. The first-order chi connectivity index (χ1) is 24.6. The zero-order valence-corrected chi connectivity index (χ0v) is 31.2. The van der Waals surface area contributed by atoms with E-state index in [4.69, 9.17) is 14.2 Å². The highest BCUT2D eigenvalue weighted by Crippen LogP contribution is 2.40. The topological polar surface area (TPSA) is 56.8 Å². The van der Waals surface area contributed by atoms with E-state index in [1.807, 2.05) is 25.1 Å². The van der Waals surface area contributed by atoms with Crippen LogP contribution < -0.4 is 5.32 Å². The molecular formula is C45H65NO4. The minimum Gasteiger partial charge on any atom is -0.416 e. The largest absolute Gasteiger partial charge is 0.416 e. The molecule has 0 aromatic heterocycles. The van der Waals surface area contributed by atoms with Crippen LogP contribution in [0.1, 0.15) is 140 Å². The molecule has 0 fully saturated rings. The fraction of sp³-hybridized carbons (Fsp3) is 0.533. The number of carbonyl (C=O) groups is 1. The fourth-order valence-corrected chi connectivity index (χ4v) is 6.49. The summed E-state index contributed by atoms with van der Waals surface area (Å²) < 4.78 is 18.4. The van der Waals surface area contributed by atoms with E-state index in [9.17, 15) is 4.79 Å². The lowest BCUT2D eigenvalue weighted by Crippen LogP contribution is -2.33. The van der Waals surface area contributed by atoms with Crippen LogP contribution in [0.3, 0.4) is 0 Å². The second-order valence-corrected chi connectivity index (χ2v) is 13.7. The van der Waals surface area contributed by atoms with Crippen LogP contribution in [-0.2, 0) is 19.8 Å². The van der Waals surface area contributed by atoms with E-state index in [0.717, 1.165) is 55.2 Å². The van der Waals surface area contributed by atoms with Gasteiger partial charge in [-0.1, -0.05) is 194 Å². The van der Waals surface area contributed by atoms with E-state index >= 15 is 0 Å². The van der Waals surface area contributed by atoms with Crippen molar-refractivity contribution in [2.45, 2.75) is 135 Å². The summed E-state index contributed by atoms with van der Waals surface area (Å²) in [5.41, 5.74) is 3.35. The standard InChI is InChI=1S/C45H65NO4/c1-4-5-6-7-8-9-10-11-12-13-14-15-27-36-46-44(47)50-43(39(2)3)48-37-28-16-17-29-38-49-45(40-30-21-18-22-31-40,41-32-23-19-24-33-41)42-34-25-20-26-35-42/h18-26,30-35,43H,2,4-17,27-29,36-38H2,1,3H3,(H,46,47). The molecular weight excluding hydrogens is 618 g/mol. The molecule has 0 aliphatic heterocycles. The number of nitrogens with one attached hydrogen (secondary N) is 1. The zero-order chi connectivity index (χ0) is 35.5. The number of ether oxygens (including phenoxy) is 3. The first-order valence-electron chi connectivity index (χ1n) is 19.6. The third-order valence-electron chi connectivity index (χ3n) is 9.33. The number of hydrogen-bond acceptors (Lipinski definition) is 4. The molecule has 0 radical (unpaired) electrons. The smallest absolute Gasteiger partial charge is 0.409 e. The van der Waals surface area contributed by atoms with Crippen molar-refractivity contribution < 1.29 is 19.0 Å². The van der Waals surface area contributed by atoms with Gasteiger partial charge in [-0.05, 0) is 48.4 Å². The summed E-state index contributed by atoms with van der Waals surface area (Å²) in [7, 11) is 0. The second kappa shape index (κ2) is 25.5. The predicted octanol–water partition coefficient (Wildman–Crippen LogP) is 12.3. The van der Waals surface area contributed by atoms with Crippen LogP contribution >= 0.6 is 0 Å². The van der Waals surface area contributed by atoms with Crippen molar-refractivity contribution in [3.8, 4) is 0 Å². The molecule has 1 atom stereocenters. The molecule has 0 saturated carbocycles. The molecule has 1 unspecified atom stereocenters. The minimum atomic E-state index is -0.729. The fourth-order valence-electron chi connectivity index (χ4n) is 6.49. The predicted molar refractivity (Wildman–Crippen MR) is 208 cm³/mol. The Labute approximate surface area is 304 Å². The molecule has 3 rings (SSSR count). The van der Waals surface area contributed by atoms with Gasteiger partial charge in [-0.3, -0.25) is 0 Å². The first-order valence-corrected chi connectivity index (χ1v) is 19.6. The van der Waals surface area contributed by atoms with Gasteiger partial charge >= 0.3 is 6.09 Å². The van der Waals surface area contributed by atoms with Crippen LogP contribution in [0.5, 0.6) is 0 Å². The van der Waals surface area contributed by atoms with Crippen molar-refractivity contribution in [1.29, 1.82) is 0 Å². The van der Waals surface area contributed by atoms with Crippen molar-refractivity contribution in [3.05, 3.63) is 120 Å². The lowest BCUT2D eigenvalue weighted by Gasteiger charge is -2.36. The molecule has 0 aliphatic carbocycles. The van der Waals surface area contributed by atoms with Gasteiger partial charge < -0.3 is 19.5 Å².